The van der Waals surface area contributed by atoms with E-state index in [4.69, 9.17) is 5.11 Å². The molecule has 1 aliphatic rings. The molecular formula is C11H14N2O4S. The number of aliphatic hydroxyl groups excluding tert-OH is 1. The Kier molecular flexibility index (Phi) is 3.38. The zero-order valence-electron chi connectivity index (χ0n) is 9.83. The normalized spacial score (nSPS) is 17.2. The molecule has 0 saturated carbocycles. The highest BCUT2D eigenvalue weighted by Gasteiger charge is 2.35. The minimum absolute atomic E-state index is 0.125. The van der Waals surface area contributed by atoms with E-state index < -0.39 is 16.1 Å². The summed E-state index contributed by atoms with van der Waals surface area (Å²) in [6, 6.07) is 5.71. The number of carbonyl (C=O) groups is 1. The summed E-state index contributed by atoms with van der Waals surface area (Å²) in [5.74, 6) is -0.265. The predicted octanol–water partition coefficient (Wildman–Crippen LogP) is -0.589. The maximum absolute atomic E-state index is 12.0. The van der Waals surface area contributed by atoms with E-state index in [0.717, 1.165) is 0 Å². The van der Waals surface area contributed by atoms with E-state index in [9.17, 15) is 13.2 Å². The molecule has 1 heterocycles. The van der Waals surface area contributed by atoms with Gasteiger partial charge in [-0.25, -0.2) is 8.42 Å². The van der Waals surface area contributed by atoms with Crippen LogP contribution in [0.25, 0.3) is 0 Å². The molecule has 0 aromatic heterocycles. The largest absolute Gasteiger partial charge is 0.390 e. The van der Waals surface area contributed by atoms with Gasteiger partial charge in [0.15, 0.2) is 0 Å². The van der Waals surface area contributed by atoms with Crippen LogP contribution in [0.5, 0.6) is 0 Å². The van der Waals surface area contributed by atoms with E-state index >= 15 is 0 Å². The first-order valence-electron chi connectivity index (χ1n) is 5.45. The highest BCUT2D eigenvalue weighted by Crippen LogP contribution is 2.21. The van der Waals surface area contributed by atoms with Gasteiger partial charge in [0.05, 0.1) is 11.0 Å². The molecule has 1 fully saturated rings. The van der Waals surface area contributed by atoms with E-state index in [1.807, 2.05) is 0 Å². The molecule has 1 aromatic rings. The standard InChI is InChI=1S/C11H14N2O4S/c1-12-11(15)8-2-4-10(5-3-8)18(16,17)13-6-9(14)7-13/h2-5,9,14H,6-7H2,1H3,(H,12,15). The number of rotatable bonds is 3. The Labute approximate surface area is 105 Å². The Hall–Kier alpha value is -1.44. The molecule has 0 bridgehead atoms. The monoisotopic (exact) mass is 270 g/mol. The molecule has 2 N–H and O–H groups in total. The van der Waals surface area contributed by atoms with Crippen LogP contribution in [0, 0.1) is 0 Å². The molecule has 7 heteroatoms. The average molecular weight is 270 g/mol. The fourth-order valence-electron chi connectivity index (χ4n) is 1.68. The van der Waals surface area contributed by atoms with E-state index in [1.165, 1.54) is 35.6 Å². The molecule has 98 valence electrons. The molecule has 2 rings (SSSR count). The van der Waals surface area contributed by atoms with Crippen LogP contribution in [0.3, 0.4) is 0 Å². The van der Waals surface area contributed by atoms with Gasteiger partial charge < -0.3 is 10.4 Å². The molecule has 1 aromatic carbocycles. The third kappa shape index (κ3) is 2.24. The number of nitrogens with one attached hydrogen (secondary N) is 1. The van der Waals surface area contributed by atoms with E-state index in [1.54, 1.807) is 0 Å². The highest BCUT2D eigenvalue weighted by atomic mass is 32.2. The van der Waals surface area contributed by atoms with Gasteiger partial charge in [-0.15, -0.1) is 0 Å². The lowest BCUT2D eigenvalue weighted by Gasteiger charge is -2.34. The van der Waals surface area contributed by atoms with Crippen molar-refractivity contribution in [2.24, 2.45) is 0 Å². The van der Waals surface area contributed by atoms with E-state index in [-0.39, 0.29) is 23.9 Å². The number of hydrogen-bond donors (Lipinski definition) is 2. The van der Waals surface area contributed by atoms with Crippen molar-refractivity contribution >= 4 is 15.9 Å². The lowest BCUT2D eigenvalue weighted by Crippen LogP contribution is -2.53. The zero-order chi connectivity index (χ0) is 13.3. The molecular weight excluding hydrogens is 256 g/mol. The van der Waals surface area contributed by atoms with Crippen molar-refractivity contribution in [3.63, 3.8) is 0 Å². The number of hydrogen-bond acceptors (Lipinski definition) is 4. The van der Waals surface area contributed by atoms with Gasteiger partial charge >= 0.3 is 0 Å². The second-order valence-corrected chi connectivity index (χ2v) is 6.02. The molecule has 0 atom stereocenters. The van der Waals surface area contributed by atoms with Crippen LogP contribution in [-0.4, -0.2) is 50.0 Å². The maximum atomic E-state index is 12.0. The van der Waals surface area contributed by atoms with Crippen molar-refractivity contribution in [3.8, 4) is 0 Å². The summed E-state index contributed by atoms with van der Waals surface area (Å²) >= 11 is 0. The Morgan fingerprint density at radius 3 is 2.33 bits per heavy atom. The molecule has 1 amide bonds. The first-order valence-corrected chi connectivity index (χ1v) is 6.89. The number of β-amino-alcohol motifs (C(OH)–C–C–N with tert-alkyl or cyclic N) is 1. The Balaban J connectivity index is 2.22. The molecule has 0 unspecified atom stereocenters. The van der Waals surface area contributed by atoms with Crippen LogP contribution in [0.15, 0.2) is 29.2 Å². The summed E-state index contributed by atoms with van der Waals surface area (Å²) in [7, 11) is -2.03. The zero-order valence-corrected chi connectivity index (χ0v) is 10.6. The van der Waals surface area contributed by atoms with Crippen molar-refractivity contribution in [2.45, 2.75) is 11.0 Å². The summed E-state index contributed by atoms with van der Waals surface area (Å²) in [6.07, 6.45) is -0.579. The lowest BCUT2D eigenvalue weighted by molar-refractivity contribution is 0.0548. The van der Waals surface area contributed by atoms with Gasteiger partial charge in [0, 0.05) is 25.7 Å². The summed E-state index contributed by atoms with van der Waals surface area (Å²) in [4.78, 5) is 11.4. The lowest BCUT2D eigenvalue weighted by atomic mass is 10.2. The van der Waals surface area contributed by atoms with Crippen LogP contribution in [-0.2, 0) is 10.0 Å². The summed E-state index contributed by atoms with van der Waals surface area (Å²) in [6.45, 7) is 0.249. The van der Waals surface area contributed by atoms with Crippen LogP contribution in [0.2, 0.25) is 0 Å². The third-order valence-corrected chi connectivity index (χ3v) is 4.66. The van der Waals surface area contributed by atoms with Crippen molar-refractivity contribution in [1.82, 2.24) is 9.62 Å². The Bertz CT molecular complexity index is 547. The van der Waals surface area contributed by atoms with Crippen molar-refractivity contribution in [1.29, 1.82) is 0 Å². The topological polar surface area (TPSA) is 86.7 Å². The smallest absolute Gasteiger partial charge is 0.251 e. The average Bonchev–Trinajstić information content (AvgIpc) is 2.34. The fourth-order valence-corrected chi connectivity index (χ4v) is 3.20. The summed E-state index contributed by atoms with van der Waals surface area (Å²) in [5.41, 5.74) is 0.403. The first-order chi connectivity index (χ1) is 8.45. The minimum Gasteiger partial charge on any atom is -0.390 e. The van der Waals surface area contributed by atoms with Crippen LogP contribution >= 0.6 is 0 Å². The Morgan fingerprint density at radius 1 is 1.33 bits per heavy atom. The van der Waals surface area contributed by atoms with Gasteiger partial charge in [0.25, 0.3) is 5.91 Å². The predicted molar refractivity (Wildman–Crippen MR) is 64.6 cm³/mol. The van der Waals surface area contributed by atoms with Crippen molar-refractivity contribution in [2.75, 3.05) is 20.1 Å². The number of nitrogens with zero attached hydrogens (tertiary/aromatic N) is 1. The molecule has 1 aliphatic heterocycles. The maximum Gasteiger partial charge on any atom is 0.251 e. The van der Waals surface area contributed by atoms with E-state index in [0.29, 0.717) is 5.56 Å². The first kappa shape index (κ1) is 13.0. The fraction of sp³-hybridized carbons (Fsp3) is 0.364. The van der Waals surface area contributed by atoms with Gasteiger partial charge in [-0.3, -0.25) is 4.79 Å². The van der Waals surface area contributed by atoms with Crippen LogP contribution in [0.4, 0.5) is 0 Å². The number of benzene rings is 1. The summed E-state index contributed by atoms with van der Waals surface area (Å²) in [5, 5.41) is 11.6. The summed E-state index contributed by atoms with van der Waals surface area (Å²) < 4.78 is 25.3. The van der Waals surface area contributed by atoms with Gasteiger partial charge in [0.1, 0.15) is 0 Å². The van der Waals surface area contributed by atoms with Crippen molar-refractivity contribution < 1.29 is 18.3 Å². The second kappa shape index (κ2) is 4.68. The van der Waals surface area contributed by atoms with Gasteiger partial charge in [-0.1, -0.05) is 0 Å². The minimum atomic E-state index is -3.54. The van der Waals surface area contributed by atoms with Gasteiger partial charge in [0.2, 0.25) is 10.0 Å². The molecule has 0 aliphatic carbocycles. The van der Waals surface area contributed by atoms with Crippen LogP contribution < -0.4 is 5.32 Å². The van der Waals surface area contributed by atoms with Crippen LogP contribution in [0.1, 0.15) is 10.4 Å². The number of amides is 1. The third-order valence-electron chi connectivity index (χ3n) is 2.81. The molecule has 6 nitrogen and oxygen atoms in total. The number of carbonyl (C=O) groups excluding carboxylic acids is 1. The molecule has 18 heavy (non-hydrogen) atoms. The number of sulfonamides is 1. The quantitative estimate of drug-likeness (QED) is 0.768. The highest BCUT2D eigenvalue weighted by molar-refractivity contribution is 7.89. The molecule has 1 saturated heterocycles. The van der Waals surface area contributed by atoms with E-state index in [2.05, 4.69) is 5.32 Å². The molecule has 0 spiro atoms. The molecule has 0 radical (unpaired) electrons. The van der Waals surface area contributed by atoms with Gasteiger partial charge in [-0.2, -0.15) is 4.31 Å². The second-order valence-electron chi connectivity index (χ2n) is 4.08. The van der Waals surface area contributed by atoms with Gasteiger partial charge in [-0.05, 0) is 24.3 Å². The SMILES string of the molecule is CNC(=O)c1ccc(S(=O)(=O)N2CC(O)C2)cc1. The Morgan fingerprint density at radius 2 is 1.89 bits per heavy atom. The van der Waals surface area contributed by atoms with Crippen molar-refractivity contribution in [3.05, 3.63) is 29.8 Å². The number of aliphatic hydroxyl groups is 1.